The van der Waals surface area contributed by atoms with Crippen molar-refractivity contribution in [2.75, 3.05) is 6.61 Å². The number of hydrogen-bond donors (Lipinski definition) is 0. The van der Waals surface area contributed by atoms with Crippen LogP contribution in [0.3, 0.4) is 0 Å². The molecule has 0 amide bonds. The minimum Gasteiger partial charge on any atom is -0.434 e. The zero-order valence-electron chi connectivity index (χ0n) is 16.0. The van der Waals surface area contributed by atoms with Gasteiger partial charge in [-0.25, -0.2) is 4.79 Å². The van der Waals surface area contributed by atoms with Crippen LogP contribution in [-0.2, 0) is 24.0 Å². The van der Waals surface area contributed by atoms with Crippen molar-refractivity contribution in [1.82, 2.24) is 0 Å². The molecule has 0 heterocycles. The number of benzene rings is 1. The molecule has 136 valence electrons. The first-order chi connectivity index (χ1) is 11.7. The summed E-state index contributed by atoms with van der Waals surface area (Å²) in [5.41, 5.74) is 3.77. The molecule has 0 saturated heterocycles. The first-order valence-electron chi connectivity index (χ1n) is 9.65. The molecule has 0 aromatic heterocycles. The lowest BCUT2D eigenvalue weighted by molar-refractivity contribution is 0.0969. The van der Waals surface area contributed by atoms with Gasteiger partial charge in [-0.2, -0.15) is 0 Å². The fourth-order valence-corrected chi connectivity index (χ4v) is 3.13. The summed E-state index contributed by atoms with van der Waals surface area (Å²) in [4.78, 5) is 11.9. The Hall–Kier alpha value is -1.51. The second-order valence-corrected chi connectivity index (χ2v) is 6.21. The summed E-state index contributed by atoms with van der Waals surface area (Å²) in [6, 6.07) is 3.97. The van der Waals surface area contributed by atoms with E-state index in [-0.39, 0.29) is 0 Å². The highest BCUT2D eigenvalue weighted by Crippen LogP contribution is 2.27. The average molecular weight is 335 g/mol. The van der Waals surface area contributed by atoms with Gasteiger partial charge in [-0.05, 0) is 48.4 Å². The molecule has 3 heteroatoms. The summed E-state index contributed by atoms with van der Waals surface area (Å²) >= 11 is 0. The quantitative estimate of drug-likeness (QED) is 0.272. The van der Waals surface area contributed by atoms with Crippen molar-refractivity contribution in [2.45, 2.75) is 85.5 Å². The lowest BCUT2D eigenvalue weighted by Gasteiger charge is -2.16. The highest BCUT2D eigenvalue weighted by Gasteiger charge is 2.14. The summed E-state index contributed by atoms with van der Waals surface area (Å²) in [5, 5.41) is 0. The zero-order valence-corrected chi connectivity index (χ0v) is 16.0. The van der Waals surface area contributed by atoms with Gasteiger partial charge in [0.05, 0.1) is 6.61 Å². The smallest absolute Gasteiger partial charge is 0.434 e. The van der Waals surface area contributed by atoms with Crippen molar-refractivity contribution in [3.63, 3.8) is 0 Å². The topological polar surface area (TPSA) is 35.5 Å². The summed E-state index contributed by atoms with van der Waals surface area (Å²) in [5.74, 6) is 0.652. The van der Waals surface area contributed by atoms with Crippen molar-refractivity contribution in [1.29, 1.82) is 0 Å². The average Bonchev–Trinajstić information content (AvgIpc) is 2.60. The number of unbranched alkanes of at least 4 members (excludes halogenated alkanes) is 5. The molecule has 24 heavy (non-hydrogen) atoms. The van der Waals surface area contributed by atoms with Gasteiger partial charge in [-0.15, -0.1) is 0 Å². The Morgan fingerprint density at radius 2 is 1.50 bits per heavy atom. The third kappa shape index (κ3) is 6.54. The third-order valence-electron chi connectivity index (χ3n) is 4.48. The lowest BCUT2D eigenvalue weighted by atomic mass is 9.95. The van der Waals surface area contributed by atoms with E-state index in [0.717, 1.165) is 37.7 Å². The highest BCUT2D eigenvalue weighted by molar-refractivity contribution is 5.65. The molecule has 0 radical (unpaired) electrons. The Balaban J connectivity index is 2.49. The molecule has 1 aromatic carbocycles. The molecule has 1 rings (SSSR count). The molecule has 0 bridgehead atoms. The first kappa shape index (κ1) is 20.5. The van der Waals surface area contributed by atoms with Gasteiger partial charge in [0.1, 0.15) is 5.75 Å². The monoisotopic (exact) mass is 334 g/mol. The number of rotatable bonds is 11. The Bertz CT molecular complexity index is 494. The maximum Gasteiger partial charge on any atom is 0.513 e. The zero-order chi connectivity index (χ0) is 17.8. The highest BCUT2D eigenvalue weighted by atomic mass is 16.7. The number of carbonyl (C=O) groups excluding carboxylic acids is 1. The van der Waals surface area contributed by atoms with E-state index in [1.807, 2.05) is 6.07 Å². The predicted molar refractivity (Wildman–Crippen MR) is 99.9 cm³/mol. The Labute approximate surface area is 147 Å². The molecule has 0 atom stereocenters. The van der Waals surface area contributed by atoms with Crippen molar-refractivity contribution in [3.05, 3.63) is 28.8 Å². The summed E-state index contributed by atoms with van der Waals surface area (Å²) in [6.45, 7) is 9.06. The molecule has 3 nitrogen and oxygen atoms in total. The standard InChI is InChI=1S/C21H34O3/c1-5-9-10-11-12-13-16-23-21(22)24-20-15-14-17(6-2)18(7-3)19(20)8-4/h14-15H,5-13,16H2,1-4H3. The Morgan fingerprint density at radius 1 is 0.833 bits per heavy atom. The van der Waals surface area contributed by atoms with Crippen molar-refractivity contribution >= 4 is 6.16 Å². The second kappa shape index (κ2) is 11.9. The van der Waals surface area contributed by atoms with Crippen LogP contribution in [0.5, 0.6) is 5.75 Å². The fourth-order valence-electron chi connectivity index (χ4n) is 3.13. The van der Waals surface area contributed by atoms with Crippen LogP contribution < -0.4 is 4.74 Å². The van der Waals surface area contributed by atoms with Crippen molar-refractivity contribution in [3.8, 4) is 5.75 Å². The molecule has 1 aromatic rings. The predicted octanol–water partition coefficient (Wildman–Crippen LogP) is 6.25. The van der Waals surface area contributed by atoms with E-state index in [9.17, 15) is 4.79 Å². The van der Waals surface area contributed by atoms with E-state index < -0.39 is 6.16 Å². The van der Waals surface area contributed by atoms with E-state index >= 15 is 0 Å². The van der Waals surface area contributed by atoms with Gasteiger partial charge >= 0.3 is 6.16 Å². The lowest BCUT2D eigenvalue weighted by Crippen LogP contribution is -2.13. The molecule has 0 aliphatic rings. The van der Waals surface area contributed by atoms with Crippen LogP contribution in [0.2, 0.25) is 0 Å². The molecular formula is C21H34O3. The van der Waals surface area contributed by atoms with Crippen LogP contribution in [0.1, 0.15) is 82.9 Å². The maximum absolute atomic E-state index is 11.9. The van der Waals surface area contributed by atoms with Gasteiger partial charge in [-0.3, -0.25) is 0 Å². The second-order valence-electron chi connectivity index (χ2n) is 6.21. The molecule has 0 fully saturated rings. The number of ether oxygens (including phenoxy) is 2. The maximum atomic E-state index is 11.9. The molecule has 0 aliphatic carbocycles. The number of hydrogen-bond acceptors (Lipinski definition) is 3. The molecule has 0 unspecified atom stereocenters. The minimum absolute atomic E-state index is 0.445. The van der Waals surface area contributed by atoms with Crippen LogP contribution in [-0.4, -0.2) is 12.8 Å². The third-order valence-corrected chi connectivity index (χ3v) is 4.48. The van der Waals surface area contributed by atoms with Crippen LogP contribution in [0.15, 0.2) is 12.1 Å². The minimum atomic E-state index is -0.579. The molecule has 0 saturated carbocycles. The summed E-state index contributed by atoms with van der Waals surface area (Å²) < 4.78 is 10.7. The van der Waals surface area contributed by atoms with E-state index in [4.69, 9.17) is 9.47 Å². The van der Waals surface area contributed by atoms with Crippen molar-refractivity contribution < 1.29 is 14.3 Å². The Morgan fingerprint density at radius 3 is 2.12 bits per heavy atom. The summed E-state index contributed by atoms with van der Waals surface area (Å²) in [6.07, 6.45) is 9.27. The van der Waals surface area contributed by atoms with Gasteiger partial charge in [0.2, 0.25) is 0 Å². The largest absolute Gasteiger partial charge is 0.513 e. The van der Waals surface area contributed by atoms with Crippen LogP contribution in [0.25, 0.3) is 0 Å². The van der Waals surface area contributed by atoms with E-state index in [0.29, 0.717) is 12.4 Å². The summed E-state index contributed by atoms with van der Waals surface area (Å²) in [7, 11) is 0. The van der Waals surface area contributed by atoms with E-state index in [2.05, 4.69) is 33.8 Å². The van der Waals surface area contributed by atoms with Gasteiger partial charge in [-0.1, -0.05) is 65.9 Å². The van der Waals surface area contributed by atoms with Gasteiger partial charge in [0.15, 0.2) is 0 Å². The van der Waals surface area contributed by atoms with Crippen LogP contribution in [0, 0.1) is 0 Å². The SMILES string of the molecule is CCCCCCCCOC(=O)Oc1ccc(CC)c(CC)c1CC. The molecule has 0 N–H and O–H groups in total. The number of aryl methyl sites for hydroxylation is 1. The normalized spacial score (nSPS) is 10.7. The van der Waals surface area contributed by atoms with Crippen molar-refractivity contribution in [2.24, 2.45) is 0 Å². The molecule has 0 aliphatic heterocycles. The van der Waals surface area contributed by atoms with Gasteiger partial charge < -0.3 is 9.47 Å². The van der Waals surface area contributed by atoms with Crippen LogP contribution in [0.4, 0.5) is 4.79 Å². The van der Waals surface area contributed by atoms with E-state index in [1.165, 1.54) is 36.8 Å². The van der Waals surface area contributed by atoms with Gasteiger partial charge in [0, 0.05) is 0 Å². The fraction of sp³-hybridized carbons (Fsp3) is 0.667. The van der Waals surface area contributed by atoms with Crippen LogP contribution >= 0.6 is 0 Å². The van der Waals surface area contributed by atoms with E-state index in [1.54, 1.807) is 0 Å². The first-order valence-corrected chi connectivity index (χ1v) is 9.65. The Kier molecular flexibility index (Phi) is 10.2. The molecule has 0 spiro atoms. The number of carbonyl (C=O) groups is 1. The van der Waals surface area contributed by atoms with Gasteiger partial charge in [0.25, 0.3) is 0 Å². The molecular weight excluding hydrogens is 300 g/mol.